The molecular weight excluding hydrogens is 1300 g/mol. The van der Waals surface area contributed by atoms with E-state index in [9.17, 15) is 68.1 Å². The lowest BCUT2D eigenvalue weighted by Crippen LogP contribution is -2.47. The van der Waals surface area contributed by atoms with Gasteiger partial charge in [0.05, 0.1) is 38.2 Å². The Morgan fingerprint density at radius 1 is 0.720 bits per heavy atom. The molecule has 5 aromatic rings. The maximum Gasteiger partial charge on any atom is 0.472 e. The minimum Gasteiger partial charge on any atom is -0.453 e. The number of carbonyl (C=O) groups is 4. The van der Waals surface area contributed by atoms with Crippen molar-refractivity contribution in [3.63, 3.8) is 0 Å². The van der Waals surface area contributed by atoms with E-state index < -0.39 is 138 Å². The fraction of sp³-hybridized carbons (Fsp3) is 0.566. The minimum atomic E-state index is -5.59. The Morgan fingerprint density at radius 2 is 1.33 bits per heavy atom. The number of nitrogens with one attached hydrogen (secondary N) is 4. The number of nitrogen functional groups attached to an aromatic ring is 3. The van der Waals surface area contributed by atoms with Gasteiger partial charge >= 0.3 is 39.0 Å². The molecule has 4 aromatic heterocycles. The van der Waals surface area contributed by atoms with Crippen molar-refractivity contribution < 1.29 is 95.6 Å². The molecule has 506 valence electrons. The molecule has 5 saturated heterocycles. The second-order valence-electron chi connectivity index (χ2n) is 22.4. The SMILES string of the molecule is Nc1ncnc2c1ncn2[C@@H]1O[C@H](COP(=O)(O)O[C@H]2[C@@H](O)[C@H](n3ccc([15NH2])[15n]c3=O)O[C@@H]2COP(=O)(O)O[C@H]2[C@@H](O)[C@H](n3ccc([15NH2])[15n]c3=O)O[C@@H]2CO)[C@@H](O)[C@H]1OC(=O)[C@H](Cc1ccccc1)NC(=O)CCCCCNC(=O)CCCC[C@@H]1SC[C@@H]2NC(=O)N[C@@H]21. The van der Waals surface area contributed by atoms with Crippen molar-refractivity contribution >= 4 is 79.8 Å². The molecule has 0 bridgehead atoms. The Morgan fingerprint density at radius 3 is 1.99 bits per heavy atom. The molecule has 40 heteroatoms. The van der Waals surface area contributed by atoms with Gasteiger partial charge in [-0.15, -0.1) is 0 Å². The summed E-state index contributed by atoms with van der Waals surface area (Å²) in [5.74, 6) is -1.26. The first-order valence-corrected chi connectivity index (χ1v) is 33.5. The van der Waals surface area contributed by atoms with Crippen LogP contribution in [-0.2, 0) is 67.0 Å². The number of thioether (sulfide) groups is 1. The van der Waals surface area contributed by atoms with Crippen molar-refractivity contribution in [3.05, 3.63) is 94.0 Å². The van der Waals surface area contributed by atoms with Gasteiger partial charge in [0.2, 0.25) is 11.8 Å². The average Bonchev–Trinajstić information content (AvgIpc) is 1.65. The Bertz CT molecular complexity index is 3690. The summed E-state index contributed by atoms with van der Waals surface area (Å²) < 4.78 is 75.1. The van der Waals surface area contributed by atoms with E-state index in [2.05, 4.69) is 46.2 Å². The number of unbranched alkanes of at least 4 members (excludes halogenated alkanes) is 3. The van der Waals surface area contributed by atoms with Crippen LogP contribution in [0.2, 0.25) is 0 Å². The van der Waals surface area contributed by atoms with E-state index in [0.29, 0.717) is 54.0 Å². The molecule has 0 spiro atoms. The molecule has 4 amide bonds. The van der Waals surface area contributed by atoms with Crippen molar-refractivity contribution in [2.24, 2.45) is 0 Å². The largest absolute Gasteiger partial charge is 0.472 e. The Labute approximate surface area is 531 Å². The Balaban J connectivity index is 0.777. The predicted molar refractivity (Wildman–Crippen MR) is 321 cm³/mol. The van der Waals surface area contributed by atoms with Gasteiger partial charge in [0.25, 0.3) is 0 Å². The lowest BCUT2D eigenvalue weighted by molar-refractivity contribution is -0.162. The summed E-state index contributed by atoms with van der Waals surface area (Å²) in [5, 5.41) is 56.6. The molecule has 5 aliphatic heterocycles. The molecule has 9 heterocycles. The molecule has 0 saturated carbocycles. The van der Waals surface area contributed by atoms with Crippen molar-refractivity contribution in [1.82, 2.24) is 59.9 Å². The van der Waals surface area contributed by atoms with E-state index in [1.165, 1.54) is 17.0 Å². The minimum absolute atomic E-state index is 0.0120. The number of aliphatic hydroxyl groups is 4. The number of phosphoric acid groups is 2. The number of rotatable bonds is 30. The number of ether oxygens (including phenoxy) is 4. The molecule has 10 rings (SSSR count). The Hall–Kier alpha value is -7.10. The maximum absolute atomic E-state index is 14.5. The highest BCUT2D eigenvalue weighted by Gasteiger charge is 2.54. The van der Waals surface area contributed by atoms with Gasteiger partial charge in [0.1, 0.15) is 78.4 Å². The molecule has 37 nitrogen and oxygen atoms in total. The van der Waals surface area contributed by atoms with Gasteiger partial charge in [-0.3, -0.25) is 41.4 Å². The van der Waals surface area contributed by atoms with E-state index in [1.807, 2.05) is 11.8 Å². The third-order valence-electron chi connectivity index (χ3n) is 16.0. The average molecular weight is 1370 g/mol. The van der Waals surface area contributed by atoms with E-state index in [0.717, 1.165) is 47.9 Å². The summed E-state index contributed by atoms with van der Waals surface area (Å²) in [6.07, 6.45) is -13.1. The summed E-state index contributed by atoms with van der Waals surface area (Å²) in [7, 11) is -11.1. The highest BCUT2D eigenvalue weighted by atomic mass is 32.2. The van der Waals surface area contributed by atoms with Gasteiger partial charge in [-0.05, 0) is 43.4 Å². The van der Waals surface area contributed by atoms with Crippen LogP contribution in [0, 0.1) is 0 Å². The normalized spacial score (nSPS) is 29.1. The first kappa shape index (κ1) is 68.8. The molecule has 5 aliphatic rings. The number of imidazole rings is 1. The van der Waals surface area contributed by atoms with Crippen LogP contribution in [0.15, 0.2) is 77.1 Å². The van der Waals surface area contributed by atoms with Gasteiger partial charge in [-0.25, -0.2) is 43.3 Å². The van der Waals surface area contributed by atoms with E-state index in [4.69, 9.17) is 54.2 Å². The molecule has 18 atom stereocenters. The highest BCUT2D eigenvalue weighted by Crippen LogP contribution is 2.52. The zero-order chi connectivity index (χ0) is 66.3. The van der Waals surface area contributed by atoms with Gasteiger partial charge in [0, 0.05) is 49.2 Å². The molecule has 2 unspecified atom stereocenters. The highest BCUT2D eigenvalue weighted by molar-refractivity contribution is 8.00. The smallest absolute Gasteiger partial charge is 0.453 e. The number of aliphatic hydroxyl groups excluding tert-OH is 4. The summed E-state index contributed by atoms with van der Waals surface area (Å²) in [5.41, 5.74) is 15.9. The summed E-state index contributed by atoms with van der Waals surface area (Å²) in [4.78, 5) is 120. The van der Waals surface area contributed by atoms with Crippen molar-refractivity contribution in [2.45, 2.75) is 155 Å². The fourth-order valence-corrected chi connectivity index (χ4v) is 14.8. The fourth-order valence-electron chi connectivity index (χ4n) is 11.3. The molecular formula is C53H71N15O22P2S. The van der Waals surface area contributed by atoms with E-state index >= 15 is 0 Å². The van der Waals surface area contributed by atoms with E-state index in [1.54, 1.807) is 30.3 Å². The number of aromatic nitrogens is 8. The number of amides is 4. The van der Waals surface area contributed by atoms with Crippen LogP contribution < -0.4 is 49.8 Å². The van der Waals surface area contributed by atoms with E-state index in [-0.39, 0.29) is 65.5 Å². The number of hydrogen-bond acceptors (Lipinski definition) is 29. The van der Waals surface area contributed by atoms with Gasteiger partial charge in [-0.1, -0.05) is 43.2 Å². The molecule has 5 fully saturated rings. The zero-order valence-corrected chi connectivity index (χ0v) is 51.9. The van der Waals surface area contributed by atoms with Gasteiger partial charge in [-0.2, -0.15) is 21.7 Å². The monoisotopic (exact) mass is 1370 g/mol. The summed E-state index contributed by atoms with van der Waals surface area (Å²) in [6, 6.07) is 9.70. The lowest BCUT2D eigenvalue weighted by Gasteiger charge is -2.26. The molecule has 16 N–H and O–H groups in total. The number of fused-ring (bicyclic) bond motifs is 2. The van der Waals surface area contributed by atoms with Crippen LogP contribution >= 0.6 is 27.4 Å². The van der Waals surface area contributed by atoms with Crippen LogP contribution in [0.5, 0.6) is 0 Å². The zero-order valence-electron chi connectivity index (χ0n) is 49.3. The van der Waals surface area contributed by atoms with Crippen molar-refractivity contribution in [2.75, 3.05) is 49.3 Å². The predicted octanol–water partition coefficient (Wildman–Crippen LogP) is -2.10. The number of esters is 1. The topological polar surface area (TPSA) is 537 Å². The van der Waals surface area contributed by atoms with Crippen molar-refractivity contribution in [1.29, 1.82) is 0 Å². The number of carbonyl (C=O) groups excluding carboxylic acids is 4. The summed E-state index contributed by atoms with van der Waals surface area (Å²) in [6.45, 7) is -2.74. The first-order chi connectivity index (χ1) is 44.5. The first-order valence-electron chi connectivity index (χ1n) is 29.5. The quantitative estimate of drug-likeness (QED) is 0.00770. The van der Waals surface area contributed by atoms with Crippen LogP contribution in [0.3, 0.4) is 0 Å². The third kappa shape index (κ3) is 16.7. The molecule has 93 heavy (non-hydrogen) atoms. The third-order valence-corrected chi connectivity index (χ3v) is 19.5. The molecule has 1 aromatic carbocycles. The second-order valence-corrected chi connectivity index (χ2v) is 26.5. The molecule has 0 radical (unpaired) electrons. The number of benzene rings is 1. The van der Waals surface area contributed by atoms with Crippen LogP contribution in [0.25, 0.3) is 11.2 Å². The van der Waals surface area contributed by atoms with Gasteiger partial charge < -0.3 is 87.6 Å². The molecule has 0 aliphatic carbocycles. The maximum atomic E-state index is 14.5. The number of phosphoric ester groups is 2. The van der Waals surface area contributed by atoms with Crippen molar-refractivity contribution in [3.8, 4) is 0 Å². The lowest BCUT2D eigenvalue weighted by atomic mass is 10.0. The number of nitrogens with two attached hydrogens (primary N) is 3. The summed E-state index contributed by atoms with van der Waals surface area (Å²) >= 11 is 1.82. The second kappa shape index (κ2) is 30.1. The number of nitrogens with zero attached hydrogens (tertiary/aromatic N) is 8. The number of urea groups is 1. The van der Waals surface area contributed by atoms with Crippen LogP contribution in [0.4, 0.5) is 22.2 Å². The number of hydrogen-bond donors (Lipinski definition) is 13. The Kier molecular flexibility index (Phi) is 22.3. The van der Waals surface area contributed by atoms with Gasteiger partial charge in [0.15, 0.2) is 36.3 Å². The van der Waals surface area contributed by atoms with Crippen LogP contribution in [-0.4, -0.2) is 203 Å². The number of anilines is 3. The standard InChI is InChI=1S/C53H71N15O22P2S/c54-33-14-17-66(52(77)63-33)47-40(73)42(29(20-69)85-47)89-92(81,82)84-22-31-43(41(74)48(87-31)67-18-15-34(55)64-53(67)78)90-91(79,80)83-21-30-39(72)44(49(86-30)68-25-60-38-45(56)58-24-59-46(38)68)88-50(75)27(19-26-9-3-1-4-10-26)61-36(71)13-5-2-8-16-57-35(70)12-7-6-11-32-37-28(23-93-32)62-51(76)65-37/h1,3-4,9-10,14-15,17-18,24-25,27-32,37,39-44,47-49,69,72-74H,2,5-8,11-13,16,19-23H2,(H,57,70)(H,61,71)(H,79,80)(H,81,82)(H2,54,63,77)(H2,55,64,78)(H2,56,58,59)(H2,62,65,76)/t27-,28-,29+,30+,31+,32-,37-,39+,40+,41+,42+,43+,44+,47+,48+,49+/m0/s1/i54+1,55+1,63+1,64+1. The van der Waals surface area contributed by atoms with Crippen LogP contribution in [0.1, 0.15) is 75.6 Å².